The summed E-state index contributed by atoms with van der Waals surface area (Å²) >= 11 is 0. The van der Waals surface area contributed by atoms with Gasteiger partial charge in [-0.05, 0) is 46.5 Å². The third kappa shape index (κ3) is 5.37. The van der Waals surface area contributed by atoms with Crippen LogP contribution in [-0.4, -0.2) is 23.1 Å². The number of nitrogens with zero attached hydrogens (tertiary/aromatic N) is 1. The second-order valence-electron chi connectivity index (χ2n) is 9.34. The lowest BCUT2D eigenvalue weighted by Gasteiger charge is -2.38. The second-order valence-corrected chi connectivity index (χ2v) is 9.34. The van der Waals surface area contributed by atoms with Crippen molar-refractivity contribution in [3.05, 3.63) is 138 Å². The minimum atomic E-state index is -0.212. The number of rotatable bonds is 7. The highest BCUT2D eigenvalue weighted by Crippen LogP contribution is 2.38. The summed E-state index contributed by atoms with van der Waals surface area (Å²) < 4.78 is 0. The number of carbonyl (C=O) groups excluding carboxylic acids is 2. The predicted molar refractivity (Wildman–Crippen MR) is 149 cm³/mol. The summed E-state index contributed by atoms with van der Waals surface area (Å²) in [5.41, 5.74) is 12.7. The van der Waals surface area contributed by atoms with Crippen molar-refractivity contribution in [1.29, 1.82) is 0 Å². The van der Waals surface area contributed by atoms with Crippen LogP contribution in [0.15, 0.2) is 110 Å². The van der Waals surface area contributed by atoms with Crippen LogP contribution in [-0.2, 0) is 6.54 Å². The number of nitrogens with one attached hydrogen (secondary N) is 1. The summed E-state index contributed by atoms with van der Waals surface area (Å²) in [6, 6.07) is 32.3. The minimum absolute atomic E-state index is 0.0709. The first-order valence-corrected chi connectivity index (χ1v) is 12.3. The smallest absolute Gasteiger partial charge is 0.255 e. The number of ketones is 1. The fourth-order valence-electron chi connectivity index (χ4n) is 4.87. The number of para-hydroxylation sites is 2. The van der Waals surface area contributed by atoms with Crippen LogP contribution in [0.1, 0.15) is 49.9 Å². The molecule has 0 aromatic heterocycles. The van der Waals surface area contributed by atoms with Gasteiger partial charge in [0, 0.05) is 36.7 Å². The number of fused-ring (bicyclic) bond motifs is 1. The second kappa shape index (κ2) is 10.6. The van der Waals surface area contributed by atoms with Gasteiger partial charge in [-0.2, -0.15) is 0 Å². The van der Waals surface area contributed by atoms with Gasteiger partial charge in [0.25, 0.3) is 5.91 Å². The summed E-state index contributed by atoms with van der Waals surface area (Å²) in [4.78, 5) is 28.2. The molecule has 1 unspecified atom stereocenters. The van der Waals surface area contributed by atoms with Gasteiger partial charge >= 0.3 is 0 Å². The molecule has 0 saturated heterocycles. The van der Waals surface area contributed by atoms with Crippen molar-refractivity contribution >= 4 is 28.6 Å². The molecule has 1 amide bonds. The monoisotopic (exact) mass is 487 g/mol. The molecule has 1 aliphatic rings. The van der Waals surface area contributed by atoms with Crippen LogP contribution in [0.2, 0.25) is 0 Å². The molecule has 5 heteroatoms. The highest BCUT2D eigenvalue weighted by atomic mass is 16.1. The van der Waals surface area contributed by atoms with Gasteiger partial charge in [-0.1, -0.05) is 85.4 Å². The summed E-state index contributed by atoms with van der Waals surface area (Å²) in [6.45, 7) is 5.61. The van der Waals surface area contributed by atoms with Crippen molar-refractivity contribution in [1.82, 2.24) is 4.90 Å². The molecule has 4 aromatic rings. The fourth-order valence-corrected chi connectivity index (χ4v) is 4.87. The zero-order valence-electron chi connectivity index (χ0n) is 20.6. The molecule has 0 bridgehead atoms. The Morgan fingerprint density at radius 1 is 0.838 bits per heavy atom. The largest absolute Gasteiger partial charge is 0.397 e. The summed E-state index contributed by atoms with van der Waals surface area (Å²) in [6.07, 6.45) is 0.382. The number of benzene rings is 4. The average molecular weight is 488 g/mol. The Morgan fingerprint density at radius 2 is 1.51 bits per heavy atom. The quantitative estimate of drug-likeness (QED) is 0.235. The fraction of sp³-hybridized carbons (Fsp3) is 0.125. The summed E-state index contributed by atoms with van der Waals surface area (Å²) in [5, 5.41) is 2.86. The molecule has 0 fully saturated rings. The molecule has 1 atom stereocenters. The molecule has 0 aliphatic carbocycles. The van der Waals surface area contributed by atoms with Crippen LogP contribution in [0, 0.1) is 0 Å². The highest BCUT2D eigenvalue weighted by Gasteiger charge is 2.31. The van der Waals surface area contributed by atoms with E-state index in [1.165, 1.54) is 0 Å². The van der Waals surface area contributed by atoms with Crippen molar-refractivity contribution < 1.29 is 9.59 Å². The molecule has 1 heterocycles. The Morgan fingerprint density at radius 3 is 2.27 bits per heavy atom. The van der Waals surface area contributed by atoms with Gasteiger partial charge in [0.2, 0.25) is 0 Å². The van der Waals surface area contributed by atoms with Gasteiger partial charge in [-0.15, -0.1) is 0 Å². The number of anilines is 2. The van der Waals surface area contributed by atoms with Gasteiger partial charge in [0.15, 0.2) is 5.78 Å². The number of Topliss-reactive ketones (excluding diaryl/α,β-unsaturated/α-hetero) is 1. The number of amides is 1. The SMILES string of the molecule is C=C1CN(Cc2ccc(C(=O)Nc3ccccc3N)cc2)C(CC(=O)c2ccccc2)c2ccccc21. The molecule has 0 radical (unpaired) electrons. The summed E-state index contributed by atoms with van der Waals surface area (Å²) in [7, 11) is 0. The van der Waals surface area contributed by atoms with Crippen LogP contribution in [0.5, 0.6) is 0 Å². The van der Waals surface area contributed by atoms with E-state index in [2.05, 4.69) is 28.9 Å². The Bertz CT molecular complexity index is 1440. The maximum atomic E-state index is 13.2. The molecule has 5 nitrogen and oxygen atoms in total. The lowest BCUT2D eigenvalue weighted by molar-refractivity contribution is 0.0916. The number of hydrogen-bond acceptors (Lipinski definition) is 4. The van der Waals surface area contributed by atoms with Crippen LogP contribution in [0.3, 0.4) is 0 Å². The van der Waals surface area contributed by atoms with Gasteiger partial charge in [-0.3, -0.25) is 14.5 Å². The normalized spacial score (nSPS) is 15.1. The molecular formula is C32H29N3O2. The van der Waals surface area contributed by atoms with E-state index in [0.29, 0.717) is 36.4 Å². The lowest BCUT2D eigenvalue weighted by Crippen LogP contribution is -2.35. The van der Waals surface area contributed by atoms with E-state index in [1.807, 2.05) is 78.9 Å². The Hall–Kier alpha value is -4.48. The van der Waals surface area contributed by atoms with Crippen molar-refractivity contribution in [2.24, 2.45) is 0 Å². The van der Waals surface area contributed by atoms with Crippen molar-refractivity contribution in [2.45, 2.75) is 19.0 Å². The Balaban J connectivity index is 1.35. The molecule has 5 rings (SSSR count). The molecule has 0 saturated carbocycles. The summed E-state index contributed by atoms with van der Waals surface area (Å²) in [5.74, 6) is -0.0961. The van der Waals surface area contributed by atoms with E-state index < -0.39 is 0 Å². The third-order valence-electron chi connectivity index (χ3n) is 6.82. The van der Waals surface area contributed by atoms with Crippen molar-refractivity contribution in [2.75, 3.05) is 17.6 Å². The van der Waals surface area contributed by atoms with E-state index in [1.54, 1.807) is 12.1 Å². The third-order valence-corrected chi connectivity index (χ3v) is 6.82. The van der Waals surface area contributed by atoms with Crippen LogP contribution >= 0.6 is 0 Å². The minimum Gasteiger partial charge on any atom is -0.397 e. The standard InChI is InChI=1S/C32H29N3O2/c1-22-20-35(21-23-15-17-25(18-16-23)32(37)34-29-14-8-7-13-28(29)33)30(27-12-6-5-11-26(22)27)19-31(36)24-9-3-2-4-10-24/h2-18,30H,1,19-21,33H2,(H,34,37). The topological polar surface area (TPSA) is 75.4 Å². The predicted octanol–water partition coefficient (Wildman–Crippen LogP) is 6.36. The van der Waals surface area contributed by atoms with Gasteiger partial charge < -0.3 is 11.1 Å². The average Bonchev–Trinajstić information content (AvgIpc) is 2.93. The zero-order chi connectivity index (χ0) is 25.8. The Labute approximate surface area is 217 Å². The molecule has 184 valence electrons. The van der Waals surface area contributed by atoms with E-state index in [4.69, 9.17) is 5.73 Å². The highest BCUT2D eigenvalue weighted by molar-refractivity contribution is 6.05. The first-order valence-electron chi connectivity index (χ1n) is 12.3. The van der Waals surface area contributed by atoms with E-state index in [0.717, 1.165) is 27.8 Å². The van der Waals surface area contributed by atoms with Gasteiger partial charge in [0.1, 0.15) is 0 Å². The number of nitrogen functional groups attached to an aromatic ring is 1. The molecular weight excluding hydrogens is 458 g/mol. The van der Waals surface area contributed by atoms with Crippen LogP contribution < -0.4 is 11.1 Å². The van der Waals surface area contributed by atoms with Crippen LogP contribution in [0.4, 0.5) is 11.4 Å². The number of carbonyl (C=O) groups is 2. The number of hydrogen-bond donors (Lipinski definition) is 2. The molecule has 1 aliphatic heterocycles. The first-order chi connectivity index (χ1) is 18.0. The Kier molecular flexibility index (Phi) is 6.97. The van der Waals surface area contributed by atoms with Gasteiger partial charge in [-0.25, -0.2) is 0 Å². The lowest BCUT2D eigenvalue weighted by atomic mass is 9.86. The molecule has 4 aromatic carbocycles. The molecule has 0 spiro atoms. The van der Waals surface area contributed by atoms with E-state index in [-0.39, 0.29) is 17.7 Å². The van der Waals surface area contributed by atoms with E-state index in [9.17, 15) is 9.59 Å². The maximum Gasteiger partial charge on any atom is 0.255 e. The van der Waals surface area contributed by atoms with E-state index >= 15 is 0 Å². The van der Waals surface area contributed by atoms with Crippen LogP contribution in [0.25, 0.3) is 5.57 Å². The van der Waals surface area contributed by atoms with Crippen molar-refractivity contribution in [3.8, 4) is 0 Å². The first kappa shape index (κ1) is 24.2. The number of nitrogens with two attached hydrogens (primary N) is 1. The van der Waals surface area contributed by atoms with Gasteiger partial charge in [0.05, 0.1) is 11.4 Å². The maximum absolute atomic E-state index is 13.2. The molecule has 37 heavy (non-hydrogen) atoms. The molecule has 3 N–H and O–H groups in total. The van der Waals surface area contributed by atoms with Crippen molar-refractivity contribution in [3.63, 3.8) is 0 Å². The zero-order valence-corrected chi connectivity index (χ0v) is 20.6.